The Balaban J connectivity index is 1.46. The van der Waals surface area contributed by atoms with E-state index in [2.05, 4.69) is 10.1 Å². The lowest BCUT2D eigenvalue weighted by molar-refractivity contribution is -0.114. The van der Waals surface area contributed by atoms with Crippen LogP contribution in [0.4, 0.5) is 4.39 Å². The summed E-state index contributed by atoms with van der Waals surface area (Å²) in [5.41, 5.74) is 1.66. The van der Waals surface area contributed by atoms with Gasteiger partial charge in [-0.15, -0.1) is 0 Å². The molecule has 1 aromatic heterocycles. The Hall–Kier alpha value is -3.00. The zero-order valence-electron chi connectivity index (χ0n) is 16.2. The first-order valence-corrected chi connectivity index (χ1v) is 10.9. The predicted octanol–water partition coefficient (Wildman–Crippen LogP) is 4.82. The van der Waals surface area contributed by atoms with Crippen molar-refractivity contribution in [1.82, 2.24) is 9.58 Å². The van der Waals surface area contributed by atoms with E-state index in [0.717, 1.165) is 23.6 Å². The van der Waals surface area contributed by atoms with Crippen molar-refractivity contribution < 1.29 is 9.18 Å². The fourth-order valence-corrected chi connectivity index (χ4v) is 5.08. The Morgan fingerprint density at radius 1 is 1.13 bits per heavy atom. The normalized spacial score (nSPS) is 21.1. The van der Waals surface area contributed by atoms with E-state index in [1.807, 2.05) is 22.9 Å². The molecule has 8 heteroatoms. The first-order chi connectivity index (χ1) is 14.6. The Labute approximate surface area is 177 Å². The average molecular weight is 422 g/mol. The standard InChI is InChI=1S/C22H20FN5OS/c23-15-8-10-16(11-9-15)27-12-4-7-17(27)13-18-19(24)28-22(25-20(18)29)30-21(26-28)14-5-2-1-3-6-14/h4,7-14,24H,1-3,5-6H2/b18-13+,24-19?. The smallest absolute Gasteiger partial charge is 0.283 e. The lowest BCUT2D eigenvalue weighted by Crippen LogP contribution is -2.35. The van der Waals surface area contributed by atoms with E-state index in [1.54, 1.807) is 18.2 Å². The summed E-state index contributed by atoms with van der Waals surface area (Å²) in [6.07, 6.45) is 9.32. The Morgan fingerprint density at radius 3 is 2.67 bits per heavy atom. The van der Waals surface area contributed by atoms with Crippen LogP contribution in [0.3, 0.4) is 0 Å². The maximum Gasteiger partial charge on any atom is 0.283 e. The number of aliphatic imine (C=N–C) groups is 1. The Morgan fingerprint density at radius 2 is 1.90 bits per heavy atom. The van der Waals surface area contributed by atoms with Crippen molar-refractivity contribution in [3.63, 3.8) is 0 Å². The van der Waals surface area contributed by atoms with Crippen molar-refractivity contribution in [2.75, 3.05) is 0 Å². The van der Waals surface area contributed by atoms with Crippen LogP contribution >= 0.6 is 11.8 Å². The summed E-state index contributed by atoms with van der Waals surface area (Å²) in [7, 11) is 0. The van der Waals surface area contributed by atoms with E-state index < -0.39 is 5.91 Å². The largest absolute Gasteiger partial charge is 0.317 e. The molecule has 3 heterocycles. The fraction of sp³-hybridized carbons (Fsp3) is 0.273. The van der Waals surface area contributed by atoms with Gasteiger partial charge in [0.1, 0.15) is 10.9 Å². The molecule has 0 unspecified atom stereocenters. The highest BCUT2D eigenvalue weighted by Gasteiger charge is 2.38. The molecule has 0 saturated heterocycles. The minimum atomic E-state index is -0.439. The summed E-state index contributed by atoms with van der Waals surface area (Å²) in [4.78, 5) is 16.9. The summed E-state index contributed by atoms with van der Waals surface area (Å²) in [6, 6.07) is 9.79. The van der Waals surface area contributed by atoms with Gasteiger partial charge in [-0.05, 0) is 67.1 Å². The molecule has 1 fully saturated rings. The Kier molecular flexibility index (Phi) is 4.86. The van der Waals surface area contributed by atoms with Crippen LogP contribution in [-0.2, 0) is 4.79 Å². The predicted molar refractivity (Wildman–Crippen MR) is 117 cm³/mol. The zero-order valence-corrected chi connectivity index (χ0v) is 17.0. The molecule has 1 saturated carbocycles. The van der Waals surface area contributed by atoms with Crippen LogP contribution in [0, 0.1) is 17.1 Å². The molecule has 0 bridgehead atoms. The topological polar surface area (TPSA) is 73.8 Å². The number of benzene rings is 1. The van der Waals surface area contributed by atoms with E-state index in [1.165, 1.54) is 48.2 Å². The summed E-state index contributed by atoms with van der Waals surface area (Å²) < 4.78 is 15.1. The monoisotopic (exact) mass is 421 g/mol. The van der Waals surface area contributed by atoms with Gasteiger partial charge in [0.15, 0.2) is 5.84 Å². The summed E-state index contributed by atoms with van der Waals surface area (Å²) in [5, 5.41) is 16.1. The third-order valence-electron chi connectivity index (χ3n) is 5.60. The molecule has 1 N–H and O–H groups in total. The van der Waals surface area contributed by atoms with Crippen LogP contribution in [0.2, 0.25) is 0 Å². The van der Waals surface area contributed by atoms with E-state index in [-0.39, 0.29) is 17.2 Å². The number of nitrogens with zero attached hydrogens (tertiary/aromatic N) is 4. The molecule has 0 atom stereocenters. The van der Waals surface area contributed by atoms with Crippen molar-refractivity contribution >= 4 is 39.8 Å². The molecule has 0 radical (unpaired) electrons. The average Bonchev–Trinajstić information content (AvgIpc) is 3.39. The van der Waals surface area contributed by atoms with Gasteiger partial charge in [-0.1, -0.05) is 19.3 Å². The van der Waals surface area contributed by atoms with Gasteiger partial charge in [0, 0.05) is 23.5 Å². The number of carbonyl (C=O) groups is 1. The molecule has 1 aliphatic carbocycles. The van der Waals surface area contributed by atoms with E-state index >= 15 is 0 Å². The summed E-state index contributed by atoms with van der Waals surface area (Å²) >= 11 is 1.42. The molecular formula is C22H20FN5OS. The van der Waals surface area contributed by atoms with E-state index in [4.69, 9.17) is 5.41 Å². The molecule has 5 rings (SSSR count). The number of hydrogen-bond donors (Lipinski definition) is 1. The SMILES string of the molecule is N=C1/C(=C\c2cccn2-c2ccc(F)cc2)C(=O)N=C2SC(C3CCCCC3)=NN12. The van der Waals surface area contributed by atoms with E-state index in [0.29, 0.717) is 16.8 Å². The molecule has 1 amide bonds. The molecule has 2 aromatic rings. The van der Waals surface area contributed by atoms with Crippen molar-refractivity contribution in [3.05, 3.63) is 59.7 Å². The van der Waals surface area contributed by atoms with Gasteiger partial charge in [0.2, 0.25) is 5.17 Å². The van der Waals surface area contributed by atoms with Crippen molar-refractivity contribution in [2.45, 2.75) is 32.1 Å². The highest BCUT2D eigenvalue weighted by atomic mass is 32.2. The first-order valence-electron chi connectivity index (χ1n) is 10.0. The maximum absolute atomic E-state index is 13.3. The van der Waals surface area contributed by atoms with Gasteiger partial charge in [0.05, 0.1) is 5.57 Å². The van der Waals surface area contributed by atoms with Crippen LogP contribution in [0.1, 0.15) is 37.8 Å². The zero-order chi connectivity index (χ0) is 20.7. The molecule has 1 aromatic carbocycles. The molecule has 152 valence electrons. The lowest BCUT2D eigenvalue weighted by atomic mass is 9.90. The summed E-state index contributed by atoms with van der Waals surface area (Å²) in [5.74, 6) is -0.320. The third-order valence-corrected chi connectivity index (χ3v) is 6.67. The number of carbonyl (C=O) groups excluding carboxylic acids is 1. The van der Waals surface area contributed by atoms with Crippen molar-refractivity contribution in [2.24, 2.45) is 16.0 Å². The van der Waals surface area contributed by atoms with Crippen LogP contribution in [0.5, 0.6) is 0 Å². The summed E-state index contributed by atoms with van der Waals surface area (Å²) in [6.45, 7) is 0. The highest BCUT2D eigenvalue weighted by Crippen LogP contribution is 2.36. The minimum absolute atomic E-state index is 0.0372. The number of thioether (sulfide) groups is 1. The van der Waals surface area contributed by atoms with Crippen LogP contribution < -0.4 is 0 Å². The second kappa shape index (κ2) is 7.68. The maximum atomic E-state index is 13.3. The number of hydrazone groups is 1. The second-order valence-corrected chi connectivity index (χ2v) is 8.56. The number of rotatable bonds is 3. The van der Waals surface area contributed by atoms with Crippen molar-refractivity contribution in [1.29, 1.82) is 5.41 Å². The number of halogens is 1. The molecule has 6 nitrogen and oxygen atoms in total. The number of amides is 1. The highest BCUT2D eigenvalue weighted by molar-refractivity contribution is 8.27. The van der Waals surface area contributed by atoms with Crippen LogP contribution in [0.15, 0.2) is 58.3 Å². The van der Waals surface area contributed by atoms with Gasteiger partial charge >= 0.3 is 0 Å². The molecule has 3 aliphatic rings. The van der Waals surface area contributed by atoms with Crippen LogP contribution in [0.25, 0.3) is 11.8 Å². The number of nitrogens with one attached hydrogen (secondary N) is 1. The number of aromatic nitrogens is 1. The lowest BCUT2D eigenvalue weighted by Gasteiger charge is -2.20. The van der Waals surface area contributed by atoms with Gasteiger partial charge in [0.25, 0.3) is 5.91 Å². The van der Waals surface area contributed by atoms with Crippen LogP contribution in [-0.4, -0.2) is 31.5 Å². The molecule has 0 spiro atoms. The third kappa shape index (κ3) is 3.41. The minimum Gasteiger partial charge on any atom is -0.317 e. The quantitative estimate of drug-likeness (QED) is 0.723. The second-order valence-electron chi connectivity index (χ2n) is 7.57. The number of amidine groups is 2. The van der Waals surface area contributed by atoms with Gasteiger partial charge in [-0.3, -0.25) is 10.2 Å². The molecular weight excluding hydrogens is 401 g/mol. The molecule has 2 aliphatic heterocycles. The van der Waals surface area contributed by atoms with E-state index in [9.17, 15) is 9.18 Å². The molecule has 30 heavy (non-hydrogen) atoms. The van der Waals surface area contributed by atoms with Gasteiger partial charge < -0.3 is 4.57 Å². The fourth-order valence-electron chi connectivity index (χ4n) is 4.02. The van der Waals surface area contributed by atoms with Crippen molar-refractivity contribution in [3.8, 4) is 5.69 Å². The van der Waals surface area contributed by atoms with Gasteiger partial charge in [-0.25, -0.2) is 4.39 Å². The number of fused-ring (bicyclic) bond motifs is 1. The Bertz CT molecular complexity index is 1110. The number of hydrogen-bond acceptors (Lipinski definition) is 4. The van der Waals surface area contributed by atoms with Gasteiger partial charge in [-0.2, -0.15) is 15.1 Å². The first kappa shape index (κ1) is 19.0.